The third-order valence-corrected chi connectivity index (χ3v) is 5.89. The van der Waals surface area contributed by atoms with Gasteiger partial charge in [0.15, 0.2) is 5.69 Å². The summed E-state index contributed by atoms with van der Waals surface area (Å²) in [6.45, 7) is 4.24. The number of amides is 1. The molecule has 3 aromatic rings. The SMILES string of the molecule is CC(C)CCN(C(=O)c1ccc(SC(F)F)cc1)c1c(N)n(Cc2ccccc2)c(=O)[nH]c1=O. The second-order valence-corrected chi connectivity index (χ2v) is 9.17. The maximum Gasteiger partial charge on any atom is 0.330 e. The molecular weight excluding hydrogens is 462 g/mol. The first-order chi connectivity index (χ1) is 16.2. The standard InChI is InChI=1S/C24H26F2N4O3S/c1-15(2)12-13-29(22(32)17-8-10-18(11-9-17)34-23(25)26)19-20(27)30(24(33)28-21(19)31)14-16-6-4-3-5-7-16/h3-11,15,23H,12-14,27H2,1-2H3,(H,28,31,33). The minimum Gasteiger partial charge on any atom is -0.383 e. The molecule has 0 fully saturated rings. The molecule has 0 radical (unpaired) electrons. The molecule has 180 valence electrons. The summed E-state index contributed by atoms with van der Waals surface area (Å²) in [5, 5.41) is 0. The molecule has 0 unspecified atom stereocenters. The van der Waals surface area contributed by atoms with Crippen molar-refractivity contribution in [2.24, 2.45) is 5.92 Å². The highest BCUT2D eigenvalue weighted by Crippen LogP contribution is 2.26. The third-order valence-electron chi connectivity index (χ3n) is 5.17. The third kappa shape index (κ3) is 6.13. The van der Waals surface area contributed by atoms with Crippen LogP contribution in [0.4, 0.5) is 20.3 Å². The first kappa shape index (κ1) is 25.2. The lowest BCUT2D eigenvalue weighted by molar-refractivity contribution is 0.0985. The summed E-state index contributed by atoms with van der Waals surface area (Å²) >= 11 is 0.376. The van der Waals surface area contributed by atoms with Crippen LogP contribution in [0, 0.1) is 5.92 Å². The summed E-state index contributed by atoms with van der Waals surface area (Å²) in [7, 11) is 0. The Balaban J connectivity index is 2.04. The number of alkyl halides is 2. The molecule has 0 atom stereocenters. The Hall–Kier alpha value is -3.40. The fourth-order valence-corrected chi connectivity index (χ4v) is 3.90. The van der Waals surface area contributed by atoms with Gasteiger partial charge in [-0.25, -0.2) is 4.79 Å². The molecule has 0 spiro atoms. The highest BCUT2D eigenvalue weighted by Gasteiger charge is 2.25. The van der Waals surface area contributed by atoms with Gasteiger partial charge >= 0.3 is 5.69 Å². The zero-order valence-corrected chi connectivity index (χ0v) is 19.6. The van der Waals surface area contributed by atoms with Crippen LogP contribution in [-0.4, -0.2) is 27.8 Å². The number of aromatic amines is 1. The van der Waals surface area contributed by atoms with Crippen LogP contribution in [0.2, 0.25) is 0 Å². The van der Waals surface area contributed by atoms with E-state index in [1.807, 2.05) is 44.2 Å². The van der Waals surface area contributed by atoms with E-state index in [1.54, 1.807) is 0 Å². The van der Waals surface area contributed by atoms with Crippen LogP contribution < -0.4 is 21.9 Å². The Morgan fingerprint density at radius 1 is 1.09 bits per heavy atom. The van der Waals surface area contributed by atoms with Crippen molar-refractivity contribution in [3.8, 4) is 0 Å². The Kier molecular flexibility index (Phi) is 8.27. The van der Waals surface area contributed by atoms with E-state index in [-0.39, 0.29) is 36.1 Å². The van der Waals surface area contributed by atoms with Gasteiger partial charge in [0.25, 0.3) is 17.2 Å². The number of rotatable bonds is 9. The summed E-state index contributed by atoms with van der Waals surface area (Å²) in [4.78, 5) is 42.6. The van der Waals surface area contributed by atoms with Crippen molar-refractivity contribution < 1.29 is 13.6 Å². The summed E-state index contributed by atoms with van der Waals surface area (Å²) in [6.07, 6.45) is 0.571. The van der Waals surface area contributed by atoms with Crippen LogP contribution in [0.3, 0.4) is 0 Å². The summed E-state index contributed by atoms with van der Waals surface area (Å²) in [5.41, 5.74) is 5.73. The normalized spacial score (nSPS) is 11.2. The van der Waals surface area contributed by atoms with Gasteiger partial charge in [-0.2, -0.15) is 8.78 Å². The first-order valence-electron chi connectivity index (χ1n) is 10.7. The lowest BCUT2D eigenvalue weighted by Crippen LogP contribution is -2.42. The maximum absolute atomic E-state index is 13.4. The second kappa shape index (κ2) is 11.1. The predicted octanol–water partition coefficient (Wildman–Crippen LogP) is 4.17. The lowest BCUT2D eigenvalue weighted by Gasteiger charge is -2.25. The minimum absolute atomic E-state index is 0.112. The minimum atomic E-state index is -2.58. The fourth-order valence-electron chi connectivity index (χ4n) is 3.40. The van der Waals surface area contributed by atoms with E-state index < -0.39 is 22.9 Å². The Bertz CT molecular complexity index is 1240. The number of hydrogen-bond donors (Lipinski definition) is 2. The van der Waals surface area contributed by atoms with Crippen molar-refractivity contribution in [2.75, 3.05) is 17.2 Å². The summed E-state index contributed by atoms with van der Waals surface area (Å²) < 4.78 is 26.5. The van der Waals surface area contributed by atoms with E-state index in [1.165, 1.54) is 33.7 Å². The highest BCUT2D eigenvalue weighted by atomic mass is 32.2. The average molecular weight is 489 g/mol. The second-order valence-electron chi connectivity index (χ2n) is 8.11. The number of carbonyl (C=O) groups is 1. The molecule has 1 aromatic heterocycles. The topological polar surface area (TPSA) is 101 Å². The number of nitrogens with two attached hydrogens (primary N) is 1. The number of carbonyl (C=O) groups excluding carboxylic acids is 1. The smallest absolute Gasteiger partial charge is 0.330 e. The monoisotopic (exact) mass is 488 g/mol. The van der Waals surface area contributed by atoms with Crippen LogP contribution in [0.15, 0.2) is 69.1 Å². The number of hydrogen-bond acceptors (Lipinski definition) is 5. The van der Waals surface area contributed by atoms with Crippen LogP contribution in [0.1, 0.15) is 36.2 Å². The largest absolute Gasteiger partial charge is 0.383 e. The van der Waals surface area contributed by atoms with E-state index in [4.69, 9.17) is 5.73 Å². The van der Waals surface area contributed by atoms with Crippen LogP contribution in [0.25, 0.3) is 0 Å². The molecule has 0 saturated heterocycles. The van der Waals surface area contributed by atoms with Gasteiger partial charge in [0.2, 0.25) is 0 Å². The molecule has 2 aromatic carbocycles. The number of aromatic nitrogens is 2. The zero-order chi connectivity index (χ0) is 24.8. The average Bonchev–Trinajstić information content (AvgIpc) is 2.79. The zero-order valence-electron chi connectivity index (χ0n) is 18.8. The number of benzene rings is 2. The van der Waals surface area contributed by atoms with E-state index >= 15 is 0 Å². The summed E-state index contributed by atoms with van der Waals surface area (Å²) in [5.74, 6) is -3.00. The quantitative estimate of drug-likeness (QED) is 0.440. The Morgan fingerprint density at radius 3 is 2.32 bits per heavy atom. The van der Waals surface area contributed by atoms with E-state index in [0.717, 1.165) is 5.56 Å². The Morgan fingerprint density at radius 2 is 1.74 bits per heavy atom. The highest BCUT2D eigenvalue weighted by molar-refractivity contribution is 7.99. The predicted molar refractivity (Wildman–Crippen MR) is 131 cm³/mol. The fraction of sp³-hybridized carbons (Fsp3) is 0.292. The molecule has 3 rings (SSSR count). The summed E-state index contributed by atoms with van der Waals surface area (Å²) in [6, 6.07) is 14.8. The van der Waals surface area contributed by atoms with Crippen molar-refractivity contribution >= 4 is 29.2 Å². The van der Waals surface area contributed by atoms with Crippen molar-refractivity contribution in [1.29, 1.82) is 0 Å². The number of halogens is 2. The van der Waals surface area contributed by atoms with Crippen molar-refractivity contribution in [2.45, 2.75) is 37.5 Å². The first-order valence-corrected chi connectivity index (χ1v) is 11.6. The number of H-pyrrole nitrogens is 1. The van der Waals surface area contributed by atoms with Crippen LogP contribution in [-0.2, 0) is 6.54 Å². The van der Waals surface area contributed by atoms with Crippen LogP contribution >= 0.6 is 11.8 Å². The molecule has 0 aliphatic carbocycles. The number of thioether (sulfide) groups is 1. The molecule has 0 bridgehead atoms. The van der Waals surface area contributed by atoms with E-state index in [9.17, 15) is 23.2 Å². The number of nitrogens with one attached hydrogen (secondary N) is 1. The number of nitrogen functional groups attached to an aromatic ring is 1. The van der Waals surface area contributed by atoms with Crippen molar-refractivity contribution in [3.63, 3.8) is 0 Å². The molecule has 10 heteroatoms. The van der Waals surface area contributed by atoms with Gasteiger partial charge in [-0.3, -0.25) is 19.1 Å². The van der Waals surface area contributed by atoms with Gasteiger partial charge < -0.3 is 10.6 Å². The molecule has 1 amide bonds. The lowest BCUT2D eigenvalue weighted by atomic mass is 10.1. The molecule has 7 nitrogen and oxygen atoms in total. The molecule has 0 aliphatic heterocycles. The van der Waals surface area contributed by atoms with Gasteiger partial charge in [-0.15, -0.1) is 0 Å². The van der Waals surface area contributed by atoms with E-state index in [2.05, 4.69) is 4.98 Å². The van der Waals surface area contributed by atoms with Gasteiger partial charge in [0, 0.05) is 17.0 Å². The van der Waals surface area contributed by atoms with Crippen LogP contribution in [0.5, 0.6) is 0 Å². The molecule has 3 N–H and O–H groups in total. The number of anilines is 2. The molecule has 34 heavy (non-hydrogen) atoms. The van der Waals surface area contributed by atoms with Crippen molar-refractivity contribution in [3.05, 3.63) is 86.6 Å². The van der Waals surface area contributed by atoms with Gasteiger partial charge in [-0.1, -0.05) is 55.9 Å². The van der Waals surface area contributed by atoms with Gasteiger partial charge in [-0.05, 0) is 42.2 Å². The molecule has 0 saturated carbocycles. The van der Waals surface area contributed by atoms with Gasteiger partial charge in [0.05, 0.1) is 6.54 Å². The molecule has 1 heterocycles. The van der Waals surface area contributed by atoms with Gasteiger partial charge in [0.1, 0.15) is 5.82 Å². The van der Waals surface area contributed by atoms with E-state index in [0.29, 0.717) is 23.1 Å². The molecular formula is C24H26F2N4O3S. The van der Waals surface area contributed by atoms with Crippen molar-refractivity contribution in [1.82, 2.24) is 9.55 Å². The Labute approximate surface area is 199 Å². The maximum atomic E-state index is 13.4. The molecule has 0 aliphatic rings. The number of nitrogens with zero attached hydrogens (tertiary/aromatic N) is 2.